The molecule has 1 amide bonds. The van der Waals surface area contributed by atoms with Crippen LogP contribution in [0.1, 0.15) is 54.6 Å². The van der Waals surface area contributed by atoms with Gasteiger partial charge in [-0.2, -0.15) is 0 Å². The summed E-state index contributed by atoms with van der Waals surface area (Å²) in [7, 11) is 0. The monoisotopic (exact) mass is 367 g/mol. The van der Waals surface area contributed by atoms with Crippen molar-refractivity contribution in [2.24, 2.45) is 0 Å². The second kappa shape index (κ2) is 8.66. The molecule has 1 atom stereocenters. The molecule has 0 aromatic heterocycles. The number of benzene rings is 2. The van der Waals surface area contributed by atoms with Gasteiger partial charge in [-0.25, -0.2) is 0 Å². The van der Waals surface area contributed by atoms with Crippen molar-refractivity contribution in [3.63, 3.8) is 0 Å². The lowest BCUT2D eigenvalue weighted by Crippen LogP contribution is -2.27. The molecule has 6 nitrogen and oxygen atoms in total. The molecule has 1 fully saturated rings. The SMILES string of the molecule is C[C@@H](NC(=O)c1ccc(N2CCCCCC2)c([N+](=O)[O-])c1)c1ccccc1. The van der Waals surface area contributed by atoms with E-state index in [1.165, 1.54) is 6.07 Å². The molecule has 6 heteroatoms. The van der Waals surface area contributed by atoms with E-state index in [4.69, 9.17) is 0 Å². The minimum atomic E-state index is -0.391. The fourth-order valence-electron chi connectivity index (χ4n) is 3.49. The lowest BCUT2D eigenvalue weighted by Gasteiger charge is -2.22. The Bertz CT molecular complexity index is 800. The van der Waals surface area contributed by atoms with Crippen molar-refractivity contribution in [3.8, 4) is 0 Å². The summed E-state index contributed by atoms with van der Waals surface area (Å²) < 4.78 is 0. The van der Waals surface area contributed by atoms with Gasteiger partial charge in [0, 0.05) is 24.7 Å². The smallest absolute Gasteiger partial charge is 0.293 e. The van der Waals surface area contributed by atoms with Gasteiger partial charge in [0.2, 0.25) is 0 Å². The number of amides is 1. The molecule has 142 valence electrons. The highest BCUT2D eigenvalue weighted by atomic mass is 16.6. The van der Waals surface area contributed by atoms with Crippen molar-refractivity contribution < 1.29 is 9.72 Å². The summed E-state index contributed by atoms with van der Waals surface area (Å²) in [6.45, 7) is 3.53. The van der Waals surface area contributed by atoms with Gasteiger partial charge in [0.15, 0.2) is 0 Å². The number of carbonyl (C=O) groups excluding carboxylic acids is 1. The third kappa shape index (κ3) is 4.64. The summed E-state index contributed by atoms with van der Waals surface area (Å²) in [4.78, 5) is 25.9. The van der Waals surface area contributed by atoms with Gasteiger partial charge < -0.3 is 10.2 Å². The first kappa shape index (κ1) is 18.9. The Labute approximate surface area is 159 Å². The Hall–Kier alpha value is -2.89. The van der Waals surface area contributed by atoms with E-state index in [0.29, 0.717) is 11.3 Å². The number of rotatable bonds is 5. The van der Waals surface area contributed by atoms with Crippen LogP contribution in [-0.2, 0) is 0 Å². The number of hydrogen-bond acceptors (Lipinski definition) is 4. The van der Waals surface area contributed by atoms with E-state index >= 15 is 0 Å². The highest BCUT2D eigenvalue weighted by molar-refractivity contribution is 5.96. The first-order valence-corrected chi connectivity index (χ1v) is 9.45. The molecule has 0 radical (unpaired) electrons. The maximum Gasteiger partial charge on any atom is 0.293 e. The van der Waals surface area contributed by atoms with Crippen LogP contribution < -0.4 is 10.2 Å². The predicted octanol–water partition coefficient (Wildman–Crippen LogP) is 4.47. The van der Waals surface area contributed by atoms with Crippen LogP contribution in [-0.4, -0.2) is 23.9 Å². The van der Waals surface area contributed by atoms with Gasteiger partial charge in [-0.05, 0) is 37.5 Å². The molecule has 0 aliphatic carbocycles. The lowest BCUT2D eigenvalue weighted by atomic mass is 10.1. The first-order chi connectivity index (χ1) is 13.1. The summed E-state index contributed by atoms with van der Waals surface area (Å²) in [6.07, 6.45) is 4.38. The van der Waals surface area contributed by atoms with Gasteiger partial charge in [-0.1, -0.05) is 43.2 Å². The Morgan fingerprint density at radius 1 is 1.07 bits per heavy atom. The van der Waals surface area contributed by atoms with E-state index in [9.17, 15) is 14.9 Å². The van der Waals surface area contributed by atoms with Crippen molar-refractivity contribution >= 4 is 17.3 Å². The van der Waals surface area contributed by atoms with Crippen molar-refractivity contribution in [1.29, 1.82) is 0 Å². The van der Waals surface area contributed by atoms with Crippen molar-refractivity contribution in [2.75, 3.05) is 18.0 Å². The summed E-state index contributed by atoms with van der Waals surface area (Å²) in [5.41, 5.74) is 1.90. The van der Waals surface area contributed by atoms with Gasteiger partial charge in [0.05, 0.1) is 11.0 Å². The molecule has 3 rings (SSSR count). The number of nitrogens with one attached hydrogen (secondary N) is 1. The molecule has 1 aliphatic heterocycles. The van der Waals surface area contributed by atoms with Crippen molar-refractivity contribution in [3.05, 3.63) is 69.8 Å². The summed E-state index contributed by atoms with van der Waals surface area (Å²) in [5, 5.41) is 14.5. The zero-order chi connectivity index (χ0) is 19.2. The largest absolute Gasteiger partial charge is 0.366 e. The van der Waals surface area contributed by atoms with E-state index < -0.39 is 4.92 Å². The average molecular weight is 367 g/mol. The Kier molecular flexibility index (Phi) is 6.06. The number of carbonyl (C=O) groups is 1. The Morgan fingerprint density at radius 2 is 1.74 bits per heavy atom. The molecule has 27 heavy (non-hydrogen) atoms. The number of nitro benzene ring substituents is 1. The third-order valence-electron chi connectivity index (χ3n) is 5.03. The summed E-state index contributed by atoms with van der Waals surface area (Å²) in [6, 6.07) is 14.2. The lowest BCUT2D eigenvalue weighted by molar-refractivity contribution is -0.384. The molecule has 0 unspecified atom stereocenters. The molecule has 2 aromatic carbocycles. The van der Waals surface area contributed by atoms with Gasteiger partial charge in [-0.3, -0.25) is 14.9 Å². The summed E-state index contributed by atoms with van der Waals surface area (Å²) in [5.74, 6) is -0.308. The van der Waals surface area contributed by atoms with E-state index in [1.807, 2.05) is 37.3 Å². The molecule has 1 aliphatic rings. The molecule has 0 bridgehead atoms. The second-order valence-electron chi connectivity index (χ2n) is 6.97. The zero-order valence-electron chi connectivity index (χ0n) is 15.6. The molecule has 1 N–H and O–H groups in total. The molecule has 2 aromatic rings. The van der Waals surface area contributed by atoms with Crippen LogP contribution in [0.5, 0.6) is 0 Å². The van der Waals surface area contributed by atoms with Crippen LogP contribution in [0.25, 0.3) is 0 Å². The van der Waals surface area contributed by atoms with Crippen LogP contribution in [0.4, 0.5) is 11.4 Å². The highest BCUT2D eigenvalue weighted by Crippen LogP contribution is 2.31. The van der Waals surface area contributed by atoms with Crippen LogP contribution in [0.15, 0.2) is 48.5 Å². The zero-order valence-corrected chi connectivity index (χ0v) is 15.6. The molecule has 1 saturated heterocycles. The van der Waals surface area contributed by atoms with Crippen LogP contribution in [0.2, 0.25) is 0 Å². The topological polar surface area (TPSA) is 75.5 Å². The Morgan fingerprint density at radius 3 is 2.37 bits per heavy atom. The van der Waals surface area contributed by atoms with Gasteiger partial charge in [0.25, 0.3) is 11.6 Å². The fraction of sp³-hybridized carbons (Fsp3) is 0.381. The van der Waals surface area contributed by atoms with Gasteiger partial charge >= 0.3 is 0 Å². The number of nitro groups is 1. The third-order valence-corrected chi connectivity index (χ3v) is 5.03. The second-order valence-corrected chi connectivity index (χ2v) is 6.97. The van der Waals surface area contributed by atoms with Crippen LogP contribution in [0, 0.1) is 10.1 Å². The highest BCUT2D eigenvalue weighted by Gasteiger charge is 2.23. The minimum Gasteiger partial charge on any atom is -0.366 e. The molecule has 0 saturated carbocycles. The van der Waals surface area contributed by atoms with E-state index in [1.54, 1.807) is 12.1 Å². The number of nitrogens with zero attached hydrogens (tertiary/aromatic N) is 2. The minimum absolute atomic E-state index is 0.00286. The molecule has 0 spiro atoms. The standard InChI is InChI=1S/C21H25N3O3/c1-16(17-9-5-4-6-10-17)22-21(25)18-11-12-19(20(15-18)24(26)27)23-13-7-2-3-8-14-23/h4-6,9-12,15-16H,2-3,7-8,13-14H2,1H3,(H,22,25)/t16-/m1/s1. The number of hydrogen-bond donors (Lipinski definition) is 1. The quantitative estimate of drug-likeness (QED) is 0.625. The summed E-state index contributed by atoms with van der Waals surface area (Å²) >= 11 is 0. The van der Waals surface area contributed by atoms with Crippen LogP contribution >= 0.6 is 0 Å². The maximum absolute atomic E-state index is 12.6. The van der Waals surface area contributed by atoms with Gasteiger partial charge in [-0.15, -0.1) is 0 Å². The number of anilines is 1. The molecular formula is C21H25N3O3. The van der Waals surface area contributed by atoms with Crippen molar-refractivity contribution in [1.82, 2.24) is 5.32 Å². The van der Waals surface area contributed by atoms with Crippen LogP contribution in [0.3, 0.4) is 0 Å². The predicted molar refractivity (Wildman–Crippen MR) is 106 cm³/mol. The average Bonchev–Trinajstić information content (AvgIpc) is 2.97. The normalized spacial score (nSPS) is 15.7. The van der Waals surface area contributed by atoms with E-state index in [0.717, 1.165) is 44.3 Å². The maximum atomic E-state index is 12.6. The van der Waals surface area contributed by atoms with E-state index in [2.05, 4.69) is 10.2 Å². The van der Waals surface area contributed by atoms with Crippen molar-refractivity contribution in [2.45, 2.75) is 38.6 Å². The molecular weight excluding hydrogens is 342 g/mol. The fourth-order valence-corrected chi connectivity index (χ4v) is 3.49. The van der Waals surface area contributed by atoms with E-state index in [-0.39, 0.29) is 17.6 Å². The molecule has 1 heterocycles. The first-order valence-electron chi connectivity index (χ1n) is 9.45. The van der Waals surface area contributed by atoms with Gasteiger partial charge in [0.1, 0.15) is 5.69 Å². The Balaban J connectivity index is 1.80.